The number of halogens is 2. The van der Waals surface area contributed by atoms with Crippen LogP contribution in [0.25, 0.3) is 22.5 Å². The van der Waals surface area contributed by atoms with Crippen LogP contribution in [0.15, 0.2) is 71.4 Å². The van der Waals surface area contributed by atoms with E-state index in [4.69, 9.17) is 4.74 Å². The molecule has 4 heterocycles. The number of nitrogens with one attached hydrogen (secondary N) is 2. The molecule has 1 unspecified atom stereocenters. The molecule has 0 saturated heterocycles. The molecule has 0 saturated carbocycles. The number of rotatable bonds is 7. The first-order chi connectivity index (χ1) is 18.5. The van der Waals surface area contributed by atoms with Crippen LogP contribution in [-0.4, -0.2) is 25.2 Å². The van der Waals surface area contributed by atoms with Crippen molar-refractivity contribution in [2.24, 2.45) is 7.05 Å². The molecule has 194 valence electrons. The lowest BCUT2D eigenvalue weighted by atomic mass is 10.1. The van der Waals surface area contributed by atoms with Crippen molar-refractivity contribution in [2.75, 3.05) is 0 Å². The van der Waals surface area contributed by atoms with E-state index in [1.807, 2.05) is 31.5 Å². The number of aryl methyl sites for hydroxylation is 1. The molecule has 8 nitrogen and oxygen atoms in total. The maximum absolute atomic E-state index is 14.3. The highest BCUT2D eigenvalue weighted by molar-refractivity contribution is 8.04. The Hall–Kier alpha value is -3.92. The molecule has 0 fully saturated rings. The first-order valence-electron chi connectivity index (χ1n) is 11.5. The summed E-state index contributed by atoms with van der Waals surface area (Å²) in [5, 5.41) is 19.0. The molecule has 0 radical (unpaired) electrons. The van der Waals surface area contributed by atoms with Crippen LogP contribution in [0.2, 0.25) is 0 Å². The zero-order valence-electron chi connectivity index (χ0n) is 20.6. The Morgan fingerprint density at radius 3 is 2.63 bits per heavy atom. The van der Waals surface area contributed by atoms with E-state index in [1.54, 1.807) is 60.2 Å². The van der Waals surface area contributed by atoms with Crippen molar-refractivity contribution in [2.45, 2.75) is 24.2 Å². The van der Waals surface area contributed by atoms with Gasteiger partial charge in [-0.2, -0.15) is 24.1 Å². The molecule has 1 aliphatic rings. The molecular formula is C26H23F2N7OS2. The van der Waals surface area contributed by atoms with Crippen molar-refractivity contribution >= 4 is 23.7 Å². The maximum Gasteiger partial charge on any atom is 0.224 e. The maximum atomic E-state index is 14.3. The Balaban J connectivity index is 0.00000164. The Kier molecular flexibility index (Phi) is 8.96. The number of ether oxygens (including phenoxy) is 1. The molecule has 0 bridgehead atoms. The Labute approximate surface area is 227 Å². The summed E-state index contributed by atoms with van der Waals surface area (Å²) in [6.07, 6.45) is 5.19. The summed E-state index contributed by atoms with van der Waals surface area (Å²) in [5.74, 6) is -1.20. The van der Waals surface area contributed by atoms with Crippen LogP contribution in [0.1, 0.15) is 19.4 Å². The molecule has 3 aromatic heterocycles. The molecule has 1 aromatic carbocycles. The van der Waals surface area contributed by atoms with Crippen LogP contribution in [0.5, 0.6) is 11.5 Å². The number of benzene rings is 1. The molecule has 0 aliphatic carbocycles. The summed E-state index contributed by atoms with van der Waals surface area (Å²) in [7, 11) is 1.76. The topological polar surface area (TPSA) is 101 Å². The van der Waals surface area contributed by atoms with Crippen molar-refractivity contribution in [3.63, 3.8) is 0 Å². The van der Waals surface area contributed by atoms with Gasteiger partial charge in [-0.25, -0.2) is 9.71 Å². The molecule has 38 heavy (non-hydrogen) atoms. The summed E-state index contributed by atoms with van der Waals surface area (Å²) in [4.78, 5) is 8.65. The van der Waals surface area contributed by atoms with E-state index in [0.717, 1.165) is 11.0 Å². The van der Waals surface area contributed by atoms with Crippen molar-refractivity contribution in [1.82, 2.24) is 29.8 Å². The second-order valence-electron chi connectivity index (χ2n) is 7.50. The van der Waals surface area contributed by atoms with Crippen LogP contribution in [0, 0.1) is 23.2 Å². The predicted molar refractivity (Wildman–Crippen MR) is 145 cm³/mol. The average Bonchev–Trinajstić information content (AvgIpc) is 3.61. The van der Waals surface area contributed by atoms with Gasteiger partial charge in [-0.1, -0.05) is 25.6 Å². The second-order valence-corrected chi connectivity index (χ2v) is 9.42. The minimum absolute atomic E-state index is 0.0456. The minimum atomic E-state index is -0.969. The summed E-state index contributed by atoms with van der Waals surface area (Å²) in [6, 6.07) is 13.0. The molecular weight excluding hydrogens is 528 g/mol. The monoisotopic (exact) mass is 551 g/mol. The van der Waals surface area contributed by atoms with Crippen molar-refractivity contribution in [3.05, 3.63) is 83.9 Å². The van der Waals surface area contributed by atoms with Gasteiger partial charge in [0.25, 0.3) is 0 Å². The van der Waals surface area contributed by atoms with Gasteiger partial charge in [-0.05, 0) is 59.8 Å². The standard InChI is InChI=1S/C24H17F2N7OS2.C2H6/c1-33-13-15(12-29-33)22-20(6-4-18(30-22)17-3-7-21(25)31-23(17)26)34-19-5-2-16(10-14(19)11-27)36-32-24-28-8-9-35-24;1-2/h2-10,12-13,24,28,32H,1H3;1-2H3. The highest BCUT2D eigenvalue weighted by atomic mass is 32.2. The minimum Gasteiger partial charge on any atom is -0.454 e. The van der Waals surface area contributed by atoms with Gasteiger partial charge in [-0.3, -0.25) is 4.68 Å². The summed E-state index contributed by atoms with van der Waals surface area (Å²) in [5.41, 5.74) is 1.67. The van der Waals surface area contributed by atoms with Crippen molar-refractivity contribution in [1.29, 1.82) is 5.26 Å². The number of aromatic nitrogens is 4. The van der Waals surface area contributed by atoms with Gasteiger partial charge in [0, 0.05) is 29.9 Å². The number of nitrogens with zero attached hydrogens (tertiary/aromatic N) is 5. The zero-order chi connectivity index (χ0) is 27.1. The fraction of sp³-hybridized carbons (Fsp3) is 0.154. The van der Waals surface area contributed by atoms with Crippen LogP contribution >= 0.6 is 23.7 Å². The van der Waals surface area contributed by atoms with E-state index >= 15 is 0 Å². The Bertz CT molecular complexity index is 1500. The largest absolute Gasteiger partial charge is 0.454 e. The van der Waals surface area contributed by atoms with Gasteiger partial charge >= 0.3 is 0 Å². The molecule has 0 amide bonds. The van der Waals surface area contributed by atoms with Gasteiger partial charge in [0.05, 0.1) is 23.0 Å². The molecule has 12 heteroatoms. The third kappa shape index (κ3) is 6.31. The van der Waals surface area contributed by atoms with Crippen LogP contribution in [0.3, 0.4) is 0 Å². The average molecular weight is 552 g/mol. The summed E-state index contributed by atoms with van der Waals surface area (Å²) < 4.78 is 38.6. The fourth-order valence-electron chi connectivity index (χ4n) is 3.37. The quantitative estimate of drug-likeness (QED) is 0.205. The van der Waals surface area contributed by atoms with Gasteiger partial charge < -0.3 is 10.1 Å². The molecule has 4 aromatic rings. The number of hydrogen-bond acceptors (Lipinski definition) is 9. The van der Waals surface area contributed by atoms with E-state index in [2.05, 4.69) is 31.2 Å². The first-order valence-corrected chi connectivity index (χ1v) is 13.3. The smallest absolute Gasteiger partial charge is 0.224 e. The zero-order valence-corrected chi connectivity index (χ0v) is 22.3. The van der Waals surface area contributed by atoms with Crippen LogP contribution < -0.4 is 14.8 Å². The van der Waals surface area contributed by atoms with E-state index in [1.165, 1.54) is 18.0 Å². The normalized spacial score (nSPS) is 13.8. The third-order valence-electron chi connectivity index (χ3n) is 5.03. The first kappa shape index (κ1) is 27.1. The highest BCUT2D eigenvalue weighted by Gasteiger charge is 2.18. The number of thioether (sulfide) groups is 1. The lowest BCUT2D eigenvalue weighted by Crippen LogP contribution is -2.28. The predicted octanol–water partition coefficient (Wildman–Crippen LogP) is 6.20. The lowest BCUT2D eigenvalue weighted by molar-refractivity contribution is 0.480. The molecule has 2 N–H and O–H groups in total. The number of hydrogen-bond donors (Lipinski definition) is 2. The second kappa shape index (κ2) is 12.6. The SMILES string of the molecule is CC.Cn1cc(-c2nc(-c3ccc(F)nc3F)ccc2Oc2ccc(SNC3NC=CS3)cc2C#N)cn1. The van der Waals surface area contributed by atoms with E-state index in [-0.39, 0.29) is 16.8 Å². The fourth-order valence-corrected chi connectivity index (χ4v) is 4.83. The van der Waals surface area contributed by atoms with Crippen molar-refractivity contribution in [3.8, 4) is 40.1 Å². The van der Waals surface area contributed by atoms with Crippen molar-refractivity contribution < 1.29 is 13.5 Å². The van der Waals surface area contributed by atoms with Gasteiger partial charge in [0.2, 0.25) is 11.9 Å². The number of nitriles is 1. The van der Waals surface area contributed by atoms with E-state index in [9.17, 15) is 14.0 Å². The lowest BCUT2D eigenvalue weighted by Gasteiger charge is -2.14. The number of pyridine rings is 2. The van der Waals surface area contributed by atoms with Crippen LogP contribution in [-0.2, 0) is 7.05 Å². The third-order valence-corrected chi connectivity index (χ3v) is 6.84. The van der Waals surface area contributed by atoms with Crippen LogP contribution in [0.4, 0.5) is 8.78 Å². The molecule has 1 atom stereocenters. The van der Waals surface area contributed by atoms with Gasteiger partial charge in [-0.15, -0.1) is 0 Å². The summed E-state index contributed by atoms with van der Waals surface area (Å²) in [6.45, 7) is 4.00. The van der Waals surface area contributed by atoms with Gasteiger partial charge in [0.15, 0.2) is 5.75 Å². The molecule has 1 aliphatic heterocycles. The van der Waals surface area contributed by atoms with Gasteiger partial charge in [0.1, 0.15) is 23.0 Å². The molecule has 5 rings (SSSR count). The highest BCUT2D eigenvalue weighted by Crippen LogP contribution is 2.36. The van der Waals surface area contributed by atoms with E-state index in [0.29, 0.717) is 28.3 Å². The Morgan fingerprint density at radius 1 is 1.13 bits per heavy atom. The molecule has 0 spiro atoms. The Morgan fingerprint density at radius 2 is 1.95 bits per heavy atom. The summed E-state index contributed by atoms with van der Waals surface area (Å²) >= 11 is 3.00. The van der Waals surface area contributed by atoms with E-state index < -0.39 is 11.9 Å².